The molecule has 1 heteroatoms. The molecule has 0 fully saturated rings. The average Bonchev–Trinajstić information content (AvgIpc) is 1.86. The molecule has 2 N–H and O–H groups in total. The van der Waals surface area contributed by atoms with Crippen molar-refractivity contribution in [3.8, 4) is 0 Å². The van der Waals surface area contributed by atoms with Crippen LogP contribution in [0.5, 0.6) is 0 Å². The molecule has 0 heterocycles. The molecular formula is C8H19N. The summed E-state index contributed by atoms with van der Waals surface area (Å²) < 4.78 is 0. The molecule has 0 rings (SSSR count). The van der Waals surface area contributed by atoms with Crippen LogP contribution in [0.1, 0.15) is 40.5 Å². The van der Waals surface area contributed by atoms with Crippen LogP contribution in [-0.4, -0.2) is 5.54 Å². The first kappa shape index (κ1) is 8.96. The van der Waals surface area contributed by atoms with Crippen LogP contribution in [0, 0.1) is 5.92 Å². The van der Waals surface area contributed by atoms with Crippen molar-refractivity contribution in [2.24, 2.45) is 11.7 Å². The van der Waals surface area contributed by atoms with Gasteiger partial charge in [-0.15, -0.1) is 0 Å². The van der Waals surface area contributed by atoms with Crippen molar-refractivity contribution in [2.75, 3.05) is 0 Å². The fourth-order valence-corrected chi connectivity index (χ4v) is 1.07. The van der Waals surface area contributed by atoms with Crippen molar-refractivity contribution >= 4 is 0 Å². The summed E-state index contributed by atoms with van der Waals surface area (Å²) in [5.41, 5.74) is 6.12. The predicted octanol–water partition coefficient (Wildman–Crippen LogP) is 2.16. The van der Waals surface area contributed by atoms with Crippen molar-refractivity contribution in [3.05, 3.63) is 0 Å². The van der Waals surface area contributed by atoms with Gasteiger partial charge in [0.15, 0.2) is 0 Å². The minimum atomic E-state index is 0.0833. The lowest BCUT2D eigenvalue weighted by atomic mass is 9.83. The Bertz CT molecular complexity index is 72.6. The van der Waals surface area contributed by atoms with Gasteiger partial charge in [0, 0.05) is 5.54 Å². The van der Waals surface area contributed by atoms with Gasteiger partial charge in [0.1, 0.15) is 0 Å². The van der Waals surface area contributed by atoms with E-state index in [1.165, 1.54) is 0 Å². The fraction of sp³-hybridized carbons (Fsp3) is 1.00. The zero-order chi connectivity index (χ0) is 7.49. The third-order valence-corrected chi connectivity index (χ3v) is 2.47. The van der Waals surface area contributed by atoms with E-state index in [0.29, 0.717) is 5.92 Å². The van der Waals surface area contributed by atoms with Crippen LogP contribution in [0.3, 0.4) is 0 Å². The van der Waals surface area contributed by atoms with Crippen LogP contribution in [0.25, 0.3) is 0 Å². The van der Waals surface area contributed by atoms with Gasteiger partial charge < -0.3 is 5.73 Å². The second kappa shape index (κ2) is 3.21. The Kier molecular flexibility index (Phi) is 3.20. The molecule has 0 spiro atoms. The van der Waals surface area contributed by atoms with Crippen molar-refractivity contribution < 1.29 is 0 Å². The Morgan fingerprint density at radius 1 is 1.22 bits per heavy atom. The van der Waals surface area contributed by atoms with E-state index in [2.05, 4.69) is 27.7 Å². The summed E-state index contributed by atoms with van der Waals surface area (Å²) >= 11 is 0. The smallest absolute Gasteiger partial charge is 0.0172 e. The molecule has 0 aliphatic rings. The summed E-state index contributed by atoms with van der Waals surface area (Å²) in [6, 6.07) is 0. The first-order valence-corrected chi connectivity index (χ1v) is 3.85. The molecule has 0 radical (unpaired) electrons. The minimum absolute atomic E-state index is 0.0833. The van der Waals surface area contributed by atoms with Gasteiger partial charge in [-0.05, 0) is 18.8 Å². The lowest BCUT2D eigenvalue weighted by Gasteiger charge is -2.30. The highest BCUT2D eigenvalue weighted by Crippen LogP contribution is 2.20. The Morgan fingerprint density at radius 2 is 1.56 bits per heavy atom. The SMILES string of the molecule is CCC(N)(CC)C(C)C. The molecule has 56 valence electrons. The zero-order valence-electron chi connectivity index (χ0n) is 7.07. The monoisotopic (exact) mass is 129 g/mol. The van der Waals surface area contributed by atoms with Crippen LogP contribution < -0.4 is 5.73 Å². The van der Waals surface area contributed by atoms with E-state index in [4.69, 9.17) is 5.73 Å². The Labute approximate surface area is 58.6 Å². The summed E-state index contributed by atoms with van der Waals surface area (Å²) in [5.74, 6) is 0.604. The van der Waals surface area contributed by atoms with E-state index < -0.39 is 0 Å². The minimum Gasteiger partial charge on any atom is -0.325 e. The van der Waals surface area contributed by atoms with Crippen LogP contribution in [0.2, 0.25) is 0 Å². The second-order valence-corrected chi connectivity index (χ2v) is 3.09. The number of rotatable bonds is 3. The van der Waals surface area contributed by atoms with E-state index in [1.54, 1.807) is 0 Å². The van der Waals surface area contributed by atoms with E-state index in [1.807, 2.05) is 0 Å². The van der Waals surface area contributed by atoms with Crippen LogP contribution in [0.15, 0.2) is 0 Å². The summed E-state index contributed by atoms with van der Waals surface area (Å²) in [4.78, 5) is 0. The highest BCUT2D eigenvalue weighted by molar-refractivity contribution is 4.83. The van der Waals surface area contributed by atoms with E-state index in [-0.39, 0.29) is 5.54 Å². The van der Waals surface area contributed by atoms with Crippen LogP contribution >= 0.6 is 0 Å². The molecule has 0 aliphatic carbocycles. The molecule has 0 atom stereocenters. The van der Waals surface area contributed by atoms with E-state index in [9.17, 15) is 0 Å². The largest absolute Gasteiger partial charge is 0.325 e. The second-order valence-electron chi connectivity index (χ2n) is 3.09. The molecule has 0 aromatic heterocycles. The number of hydrogen-bond donors (Lipinski definition) is 1. The predicted molar refractivity (Wildman–Crippen MR) is 42.3 cm³/mol. The Hall–Kier alpha value is -0.0400. The lowest BCUT2D eigenvalue weighted by molar-refractivity contribution is 0.288. The van der Waals surface area contributed by atoms with Crippen LogP contribution in [-0.2, 0) is 0 Å². The lowest BCUT2D eigenvalue weighted by Crippen LogP contribution is -2.43. The van der Waals surface area contributed by atoms with Crippen molar-refractivity contribution in [1.29, 1.82) is 0 Å². The average molecular weight is 129 g/mol. The number of hydrogen-bond acceptors (Lipinski definition) is 1. The highest BCUT2D eigenvalue weighted by atomic mass is 14.7. The van der Waals surface area contributed by atoms with Gasteiger partial charge >= 0.3 is 0 Å². The first-order valence-electron chi connectivity index (χ1n) is 3.85. The van der Waals surface area contributed by atoms with Crippen molar-refractivity contribution in [2.45, 2.75) is 46.1 Å². The summed E-state index contributed by atoms with van der Waals surface area (Å²) in [6.45, 7) is 8.69. The Morgan fingerprint density at radius 3 is 1.56 bits per heavy atom. The van der Waals surface area contributed by atoms with Gasteiger partial charge in [0.05, 0.1) is 0 Å². The van der Waals surface area contributed by atoms with Gasteiger partial charge in [0.2, 0.25) is 0 Å². The van der Waals surface area contributed by atoms with Gasteiger partial charge in [-0.2, -0.15) is 0 Å². The maximum Gasteiger partial charge on any atom is 0.0172 e. The molecule has 1 nitrogen and oxygen atoms in total. The third-order valence-electron chi connectivity index (χ3n) is 2.47. The standard InChI is InChI=1S/C8H19N/c1-5-8(9,6-2)7(3)4/h7H,5-6,9H2,1-4H3. The summed E-state index contributed by atoms with van der Waals surface area (Å²) in [6.07, 6.45) is 2.17. The molecule has 0 saturated heterocycles. The molecule has 0 bridgehead atoms. The molecule has 0 aromatic rings. The highest BCUT2D eigenvalue weighted by Gasteiger charge is 2.23. The molecule has 0 saturated carbocycles. The molecule has 9 heavy (non-hydrogen) atoms. The summed E-state index contributed by atoms with van der Waals surface area (Å²) in [5, 5.41) is 0. The van der Waals surface area contributed by atoms with Gasteiger partial charge in [0.25, 0.3) is 0 Å². The first-order chi connectivity index (χ1) is 4.06. The van der Waals surface area contributed by atoms with E-state index in [0.717, 1.165) is 12.8 Å². The zero-order valence-corrected chi connectivity index (χ0v) is 7.07. The third kappa shape index (κ3) is 1.98. The normalized spacial score (nSPS) is 12.7. The van der Waals surface area contributed by atoms with Crippen molar-refractivity contribution in [1.82, 2.24) is 0 Å². The summed E-state index contributed by atoms with van der Waals surface area (Å²) in [7, 11) is 0. The molecule has 0 aliphatic heterocycles. The molecule has 0 unspecified atom stereocenters. The van der Waals surface area contributed by atoms with Crippen molar-refractivity contribution in [3.63, 3.8) is 0 Å². The van der Waals surface area contributed by atoms with Gasteiger partial charge in [-0.1, -0.05) is 27.7 Å². The molecular weight excluding hydrogens is 110 g/mol. The maximum absolute atomic E-state index is 6.04. The molecule has 0 amide bonds. The fourth-order valence-electron chi connectivity index (χ4n) is 1.07. The van der Waals surface area contributed by atoms with Gasteiger partial charge in [-0.3, -0.25) is 0 Å². The van der Waals surface area contributed by atoms with Gasteiger partial charge in [-0.25, -0.2) is 0 Å². The number of nitrogens with two attached hydrogens (primary N) is 1. The maximum atomic E-state index is 6.04. The van der Waals surface area contributed by atoms with E-state index >= 15 is 0 Å². The molecule has 0 aromatic carbocycles. The topological polar surface area (TPSA) is 26.0 Å². The quantitative estimate of drug-likeness (QED) is 0.621. The Balaban J connectivity index is 3.92. The van der Waals surface area contributed by atoms with Crippen LogP contribution in [0.4, 0.5) is 0 Å².